The number of benzene rings is 1. The second-order valence-electron chi connectivity index (χ2n) is 4.27. The Bertz CT molecular complexity index is 568. The summed E-state index contributed by atoms with van der Waals surface area (Å²) >= 11 is 0. The largest absolute Gasteiger partial charge is 0.383 e. The highest BCUT2D eigenvalue weighted by Gasteiger charge is 2.16. The average molecular weight is 292 g/mol. The van der Waals surface area contributed by atoms with Crippen molar-refractivity contribution in [3.63, 3.8) is 0 Å². The predicted octanol–water partition coefficient (Wildman–Crippen LogP) is 0.665. The zero-order valence-electron chi connectivity index (χ0n) is 11.8. The fourth-order valence-corrected chi connectivity index (χ4v) is 1.66. The third-order valence-corrected chi connectivity index (χ3v) is 2.75. The molecular formula is C13H16N4O4. The van der Waals surface area contributed by atoms with Crippen LogP contribution in [-0.2, 0) is 9.53 Å². The van der Waals surface area contributed by atoms with Crippen molar-refractivity contribution in [3.05, 3.63) is 33.9 Å². The van der Waals surface area contributed by atoms with Gasteiger partial charge in [0.25, 0.3) is 5.69 Å². The van der Waals surface area contributed by atoms with Crippen LogP contribution in [0.1, 0.15) is 5.56 Å². The normalized spacial score (nSPS) is 9.76. The van der Waals surface area contributed by atoms with Crippen LogP contribution in [0.5, 0.6) is 0 Å². The first-order valence-corrected chi connectivity index (χ1v) is 6.15. The molecule has 0 radical (unpaired) electrons. The number of nitriles is 1. The number of likely N-dealkylation sites (N-methyl/N-ethyl adjacent to an activating group) is 1. The first kappa shape index (κ1) is 16.4. The number of carbonyl (C=O) groups is 1. The second-order valence-corrected chi connectivity index (χ2v) is 4.27. The molecule has 0 unspecified atom stereocenters. The maximum atomic E-state index is 11.6. The Balaban J connectivity index is 2.77. The molecule has 112 valence electrons. The van der Waals surface area contributed by atoms with Gasteiger partial charge in [0, 0.05) is 32.5 Å². The number of hydrogen-bond donors (Lipinski definition) is 1. The minimum Gasteiger partial charge on any atom is -0.383 e. The molecule has 0 bridgehead atoms. The smallest absolute Gasteiger partial charge is 0.289 e. The molecule has 1 amide bonds. The van der Waals surface area contributed by atoms with E-state index in [1.165, 1.54) is 19.2 Å². The molecule has 0 saturated carbocycles. The lowest BCUT2D eigenvalue weighted by molar-refractivity contribution is -0.385. The third kappa shape index (κ3) is 4.74. The maximum absolute atomic E-state index is 11.6. The summed E-state index contributed by atoms with van der Waals surface area (Å²) in [5.41, 5.74) is 0.200. The Morgan fingerprint density at radius 1 is 1.57 bits per heavy atom. The highest BCUT2D eigenvalue weighted by atomic mass is 16.6. The van der Waals surface area contributed by atoms with E-state index in [0.717, 1.165) is 0 Å². The molecule has 0 spiro atoms. The van der Waals surface area contributed by atoms with E-state index >= 15 is 0 Å². The summed E-state index contributed by atoms with van der Waals surface area (Å²) in [6, 6.07) is 5.97. The predicted molar refractivity (Wildman–Crippen MR) is 76.0 cm³/mol. The number of nitro groups is 1. The molecule has 8 nitrogen and oxygen atoms in total. The van der Waals surface area contributed by atoms with Crippen LogP contribution in [-0.4, -0.2) is 44.7 Å². The van der Waals surface area contributed by atoms with Gasteiger partial charge in [-0.25, -0.2) is 0 Å². The summed E-state index contributed by atoms with van der Waals surface area (Å²) in [6.07, 6.45) is 0. The lowest BCUT2D eigenvalue weighted by Gasteiger charge is -2.18. The van der Waals surface area contributed by atoms with Gasteiger partial charge in [0.15, 0.2) is 0 Å². The van der Waals surface area contributed by atoms with E-state index in [1.807, 2.05) is 0 Å². The molecular weight excluding hydrogens is 276 g/mol. The summed E-state index contributed by atoms with van der Waals surface area (Å²) in [5.74, 6) is -0.221. The number of nitrogens with zero attached hydrogens (tertiary/aromatic N) is 3. The molecule has 0 atom stereocenters. The Morgan fingerprint density at radius 3 is 2.86 bits per heavy atom. The number of nitro benzene ring substituents is 1. The number of ether oxygens (including phenoxy) is 1. The number of nitrogens with one attached hydrogen (secondary N) is 1. The second kappa shape index (κ2) is 7.81. The molecule has 0 heterocycles. The van der Waals surface area contributed by atoms with Crippen molar-refractivity contribution in [2.45, 2.75) is 0 Å². The summed E-state index contributed by atoms with van der Waals surface area (Å²) in [5, 5.41) is 22.4. The van der Waals surface area contributed by atoms with E-state index in [1.54, 1.807) is 24.1 Å². The van der Waals surface area contributed by atoms with Crippen LogP contribution >= 0.6 is 0 Å². The quantitative estimate of drug-likeness (QED) is 0.449. The molecule has 0 aliphatic rings. The Kier molecular flexibility index (Phi) is 6.10. The number of methoxy groups -OCH3 is 1. The molecule has 21 heavy (non-hydrogen) atoms. The van der Waals surface area contributed by atoms with Gasteiger partial charge in [-0.2, -0.15) is 5.26 Å². The van der Waals surface area contributed by atoms with Crippen molar-refractivity contribution in [3.8, 4) is 6.07 Å². The van der Waals surface area contributed by atoms with Crippen molar-refractivity contribution in [1.82, 2.24) is 5.32 Å². The maximum Gasteiger partial charge on any atom is 0.289 e. The van der Waals surface area contributed by atoms with E-state index in [9.17, 15) is 14.9 Å². The molecule has 8 heteroatoms. The van der Waals surface area contributed by atoms with Gasteiger partial charge >= 0.3 is 0 Å². The molecule has 0 aromatic heterocycles. The van der Waals surface area contributed by atoms with Crippen LogP contribution in [0.15, 0.2) is 18.2 Å². The highest BCUT2D eigenvalue weighted by Crippen LogP contribution is 2.24. The first-order valence-electron chi connectivity index (χ1n) is 6.15. The van der Waals surface area contributed by atoms with Gasteiger partial charge in [0.05, 0.1) is 18.1 Å². The standard InChI is InChI=1S/C13H16N4O4/c1-16(9-13(18)15-5-6-21-2)11-4-3-10(8-14)12(7-11)17(19)20/h3-4,7H,5-6,9H2,1-2H3,(H,15,18). The van der Waals surface area contributed by atoms with Gasteiger partial charge in [-0.15, -0.1) is 0 Å². The molecule has 1 aromatic rings. The fraction of sp³-hybridized carbons (Fsp3) is 0.385. The summed E-state index contributed by atoms with van der Waals surface area (Å²) < 4.78 is 4.82. The lowest BCUT2D eigenvalue weighted by Crippen LogP contribution is -2.36. The lowest BCUT2D eigenvalue weighted by atomic mass is 10.1. The van der Waals surface area contributed by atoms with Crippen LogP contribution in [0.2, 0.25) is 0 Å². The molecule has 0 aliphatic carbocycles. The molecule has 0 saturated heterocycles. The van der Waals surface area contributed by atoms with Gasteiger partial charge in [0.1, 0.15) is 11.6 Å². The molecule has 0 aliphatic heterocycles. The van der Waals surface area contributed by atoms with E-state index < -0.39 is 4.92 Å². The van der Waals surface area contributed by atoms with Gasteiger partial charge in [-0.05, 0) is 12.1 Å². The number of hydrogen-bond acceptors (Lipinski definition) is 6. The van der Waals surface area contributed by atoms with Crippen LogP contribution in [0, 0.1) is 21.4 Å². The monoisotopic (exact) mass is 292 g/mol. The number of amides is 1. The molecule has 1 rings (SSSR count). The zero-order chi connectivity index (χ0) is 15.8. The van der Waals surface area contributed by atoms with Crippen molar-refractivity contribution in [1.29, 1.82) is 5.26 Å². The molecule has 1 N–H and O–H groups in total. The number of carbonyl (C=O) groups excluding carboxylic acids is 1. The Labute approximate surface area is 122 Å². The Morgan fingerprint density at radius 2 is 2.29 bits per heavy atom. The van der Waals surface area contributed by atoms with Crippen LogP contribution in [0.4, 0.5) is 11.4 Å². The topological polar surface area (TPSA) is 108 Å². The van der Waals surface area contributed by atoms with Crippen molar-refractivity contribution in [2.24, 2.45) is 0 Å². The van der Waals surface area contributed by atoms with Crippen LogP contribution < -0.4 is 10.2 Å². The minimum absolute atomic E-state index is 0.0123. The van der Waals surface area contributed by atoms with Crippen LogP contribution in [0.25, 0.3) is 0 Å². The molecule has 0 fully saturated rings. The summed E-state index contributed by atoms with van der Waals surface area (Å²) in [7, 11) is 3.18. The van der Waals surface area contributed by atoms with E-state index in [2.05, 4.69) is 5.32 Å². The van der Waals surface area contributed by atoms with E-state index in [0.29, 0.717) is 18.8 Å². The average Bonchev–Trinajstić information content (AvgIpc) is 2.46. The summed E-state index contributed by atoms with van der Waals surface area (Å²) in [4.78, 5) is 23.5. The first-order chi connectivity index (χ1) is 9.99. The zero-order valence-corrected chi connectivity index (χ0v) is 11.8. The van der Waals surface area contributed by atoms with E-state index in [4.69, 9.17) is 10.00 Å². The molecule has 1 aromatic carbocycles. The van der Waals surface area contributed by atoms with Gasteiger partial charge < -0.3 is 15.0 Å². The highest BCUT2D eigenvalue weighted by molar-refractivity contribution is 5.81. The number of anilines is 1. The number of rotatable bonds is 7. The van der Waals surface area contributed by atoms with Gasteiger partial charge in [0.2, 0.25) is 5.91 Å². The van der Waals surface area contributed by atoms with Crippen LogP contribution in [0.3, 0.4) is 0 Å². The fourth-order valence-electron chi connectivity index (χ4n) is 1.66. The minimum atomic E-state index is -0.617. The summed E-state index contributed by atoms with van der Waals surface area (Å²) in [6.45, 7) is 0.862. The third-order valence-electron chi connectivity index (χ3n) is 2.75. The SMILES string of the molecule is COCCNC(=O)CN(C)c1ccc(C#N)c([N+](=O)[O-])c1. The van der Waals surface area contributed by atoms with Crippen molar-refractivity contribution < 1.29 is 14.5 Å². The Hall–Kier alpha value is -2.66. The van der Waals surface area contributed by atoms with Crippen molar-refractivity contribution >= 4 is 17.3 Å². The van der Waals surface area contributed by atoms with Gasteiger partial charge in [-0.3, -0.25) is 14.9 Å². The van der Waals surface area contributed by atoms with Crippen molar-refractivity contribution in [2.75, 3.05) is 38.8 Å². The van der Waals surface area contributed by atoms with Gasteiger partial charge in [-0.1, -0.05) is 0 Å². The van der Waals surface area contributed by atoms with E-state index in [-0.39, 0.29) is 23.7 Å².